The van der Waals surface area contributed by atoms with Crippen LogP contribution in [0.5, 0.6) is 0 Å². The number of nitrogens with zero attached hydrogens (tertiary/aromatic N) is 4. The van der Waals surface area contributed by atoms with Gasteiger partial charge >= 0.3 is 6.03 Å². The number of hydrogen-bond acceptors (Lipinski definition) is 6. The van der Waals surface area contributed by atoms with Crippen LogP contribution in [0, 0.1) is 6.92 Å². The predicted molar refractivity (Wildman–Crippen MR) is 129 cm³/mol. The number of aryl methyl sites for hydroxylation is 1. The molecule has 4 heterocycles. The zero-order valence-corrected chi connectivity index (χ0v) is 20.0. The van der Waals surface area contributed by atoms with Crippen molar-refractivity contribution in [2.45, 2.75) is 51.2 Å². The monoisotopic (exact) mass is 469 g/mol. The van der Waals surface area contributed by atoms with Gasteiger partial charge in [-0.3, -0.25) is 4.79 Å². The number of aromatic nitrogens is 1. The van der Waals surface area contributed by atoms with Crippen LogP contribution in [0.4, 0.5) is 15.6 Å². The summed E-state index contributed by atoms with van der Waals surface area (Å²) in [6.07, 6.45) is 3.21. The van der Waals surface area contributed by atoms with E-state index in [4.69, 9.17) is 4.98 Å². The van der Waals surface area contributed by atoms with Crippen molar-refractivity contribution >= 4 is 34.1 Å². The lowest BCUT2D eigenvalue weighted by atomic mass is 10.0. The number of nitrogens with one attached hydrogen (secondary N) is 1. The number of hydrogen-bond donors (Lipinski definition) is 2. The molecule has 3 aliphatic heterocycles. The van der Waals surface area contributed by atoms with Crippen LogP contribution in [0.2, 0.25) is 0 Å². The normalized spacial score (nSPS) is 24.0. The Morgan fingerprint density at radius 2 is 1.97 bits per heavy atom. The maximum atomic E-state index is 13.0. The van der Waals surface area contributed by atoms with Crippen LogP contribution in [0.1, 0.15) is 47.1 Å². The van der Waals surface area contributed by atoms with Gasteiger partial charge in [-0.2, -0.15) is 0 Å². The molecule has 2 aromatic rings. The zero-order chi connectivity index (χ0) is 23.2. The van der Waals surface area contributed by atoms with E-state index in [9.17, 15) is 14.7 Å². The quantitative estimate of drug-likeness (QED) is 0.721. The minimum Gasteiger partial charge on any atom is -0.388 e. The lowest BCUT2D eigenvalue weighted by Crippen LogP contribution is -2.48. The number of piperidine rings is 1. The Kier molecular flexibility index (Phi) is 5.78. The van der Waals surface area contributed by atoms with Crippen LogP contribution >= 0.6 is 11.3 Å². The molecular formula is C24H31N5O3S. The lowest BCUT2D eigenvalue weighted by Gasteiger charge is -2.37. The second kappa shape index (κ2) is 8.61. The number of amides is 3. The Morgan fingerprint density at radius 3 is 2.70 bits per heavy atom. The first-order chi connectivity index (χ1) is 15.8. The highest BCUT2D eigenvalue weighted by molar-refractivity contribution is 7.17. The van der Waals surface area contributed by atoms with Crippen LogP contribution in [0.3, 0.4) is 0 Å². The van der Waals surface area contributed by atoms with Crippen LogP contribution < -0.4 is 10.2 Å². The molecule has 1 unspecified atom stereocenters. The van der Waals surface area contributed by atoms with Gasteiger partial charge in [0.1, 0.15) is 4.88 Å². The van der Waals surface area contributed by atoms with E-state index in [-0.39, 0.29) is 18.0 Å². The van der Waals surface area contributed by atoms with Gasteiger partial charge in [0.15, 0.2) is 5.13 Å². The summed E-state index contributed by atoms with van der Waals surface area (Å²) in [7, 11) is 0. The summed E-state index contributed by atoms with van der Waals surface area (Å²) in [5, 5.41) is 14.2. The molecule has 3 amide bonds. The van der Waals surface area contributed by atoms with Crippen molar-refractivity contribution in [2.75, 3.05) is 42.9 Å². The fourth-order valence-electron chi connectivity index (χ4n) is 5.08. The molecule has 5 rings (SSSR count). The maximum Gasteiger partial charge on any atom is 0.322 e. The number of carbonyl (C=O) groups is 2. The van der Waals surface area contributed by atoms with Gasteiger partial charge in [-0.1, -0.05) is 29.5 Å². The van der Waals surface area contributed by atoms with Gasteiger partial charge in [0, 0.05) is 44.5 Å². The summed E-state index contributed by atoms with van der Waals surface area (Å²) in [6.45, 7) is 6.94. The standard InChI is InChI=1S/C24H31N5O3S/c1-16-20(21(30)28-14-10-24(2,32)15-28)33-23(25-16)27-11-8-18(9-12-27)29-13-7-17-5-3-4-6-19(17)26-22(29)31/h3-6,18,32H,7-15H2,1-2H3,(H,26,31). The summed E-state index contributed by atoms with van der Waals surface area (Å²) >= 11 is 1.44. The van der Waals surface area contributed by atoms with Gasteiger partial charge in [0.05, 0.1) is 11.3 Å². The summed E-state index contributed by atoms with van der Waals surface area (Å²) in [5.41, 5.74) is 2.04. The number of aliphatic hydroxyl groups is 1. The van der Waals surface area contributed by atoms with Gasteiger partial charge in [0.25, 0.3) is 5.91 Å². The van der Waals surface area contributed by atoms with Crippen LogP contribution in [0.25, 0.3) is 0 Å². The molecule has 0 aliphatic carbocycles. The molecule has 1 aromatic heterocycles. The summed E-state index contributed by atoms with van der Waals surface area (Å²) in [4.78, 5) is 37.1. The van der Waals surface area contributed by atoms with Crippen molar-refractivity contribution in [1.82, 2.24) is 14.8 Å². The molecular weight excluding hydrogens is 438 g/mol. The van der Waals surface area contributed by atoms with E-state index in [0.717, 1.165) is 55.4 Å². The summed E-state index contributed by atoms with van der Waals surface area (Å²) in [5.74, 6) is -0.0373. The Bertz CT molecular complexity index is 1060. The fraction of sp³-hybridized carbons (Fsp3) is 0.542. The third-order valence-electron chi connectivity index (χ3n) is 7.04. The van der Waals surface area contributed by atoms with E-state index in [1.807, 2.05) is 30.0 Å². The van der Waals surface area contributed by atoms with Crippen LogP contribution in [-0.2, 0) is 6.42 Å². The largest absolute Gasteiger partial charge is 0.388 e. The number of anilines is 2. The number of thiazole rings is 1. The van der Waals surface area contributed by atoms with Crippen molar-refractivity contribution in [3.05, 3.63) is 40.4 Å². The molecule has 3 aliphatic rings. The molecule has 176 valence electrons. The zero-order valence-electron chi connectivity index (χ0n) is 19.2. The number of β-amino-alcohol motifs (C(OH)–C–C–N with tert-alkyl or cyclic N) is 1. The average molecular weight is 470 g/mol. The molecule has 0 spiro atoms. The first-order valence-electron chi connectivity index (χ1n) is 11.7. The molecule has 9 heteroatoms. The van der Waals surface area contributed by atoms with E-state index >= 15 is 0 Å². The number of rotatable bonds is 3. The van der Waals surface area contributed by atoms with Gasteiger partial charge in [-0.25, -0.2) is 9.78 Å². The third kappa shape index (κ3) is 4.44. The molecule has 2 fully saturated rings. The van der Waals surface area contributed by atoms with Crippen molar-refractivity contribution in [3.63, 3.8) is 0 Å². The number of para-hydroxylation sites is 1. The molecule has 0 saturated carbocycles. The Labute approximate surface area is 198 Å². The minimum absolute atomic E-state index is 0.0159. The molecule has 1 atom stereocenters. The number of benzene rings is 1. The van der Waals surface area contributed by atoms with E-state index in [1.54, 1.807) is 11.8 Å². The number of fused-ring (bicyclic) bond motifs is 1. The highest BCUT2D eigenvalue weighted by atomic mass is 32.1. The molecule has 8 nitrogen and oxygen atoms in total. The van der Waals surface area contributed by atoms with Gasteiger partial charge in [-0.15, -0.1) is 0 Å². The first-order valence-corrected chi connectivity index (χ1v) is 12.5. The highest BCUT2D eigenvalue weighted by Crippen LogP contribution is 2.32. The van der Waals surface area contributed by atoms with Gasteiger partial charge in [0.2, 0.25) is 0 Å². The fourth-order valence-corrected chi connectivity index (χ4v) is 6.17. The van der Waals surface area contributed by atoms with E-state index in [0.29, 0.717) is 24.4 Å². The van der Waals surface area contributed by atoms with E-state index in [1.165, 1.54) is 16.9 Å². The first kappa shape index (κ1) is 22.2. The van der Waals surface area contributed by atoms with Crippen LogP contribution in [-0.4, -0.2) is 76.2 Å². The number of likely N-dealkylation sites (tertiary alicyclic amines) is 1. The second-order valence-corrected chi connectivity index (χ2v) is 10.6. The lowest BCUT2D eigenvalue weighted by molar-refractivity contribution is 0.0574. The van der Waals surface area contributed by atoms with Gasteiger partial charge in [-0.05, 0) is 51.2 Å². The Morgan fingerprint density at radius 1 is 1.21 bits per heavy atom. The highest BCUT2D eigenvalue weighted by Gasteiger charge is 2.36. The molecule has 0 bridgehead atoms. The topological polar surface area (TPSA) is 89.0 Å². The summed E-state index contributed by atoms with van der Waals surface area (Å²) < 4.78 is 0. The van der Waals surface area contributed by atoms with Crippen molar-refractivity contribution < 1.29 is 14.7 Å². The van der Waals surface area contributed by atoms with Crippen LogP contribution in [0.15, 0.2) is 24.3 Å². The third-order valence-corrected chi connectivity index (χ3v) is 8.24. The summed E-state index contributed by atoms with van der Waals surface area (Å²) in [6, 6.07) is 8.19. The smallest absolute Gasteiger partial charge is 0.322 e. The van der Waals surface area contributed by atoms with Crippen molar-refractivity contribution in [3.8, 4) is 0 Å². The number of carbonyl (C=O) groups excluding carboxylic acids is 2. The Balaban J connectivity index is 1.22. The van der Waals surface area contributed by atoms with E-state index in [2.05, 4.69) is 16.3 Å². The second-order valence-electron chi connectivity index (χ2n) is 9.63. The van der Waals surface area contributed by atoms with Crippen molar-refractivity contribution in [2.24, 2.45) is 0 Å². The number of urea groups is 1. The van der Waals surface area contributed by atoms with E-state index < -0.39 is 5.60 Å². The molecule has 33 heavy (non-hydrogen) atoms. The minimum atomic E-state index is -0.806. The molecule has 2 N–H and O–H groups in total. The molecule has 2 saturated heterocycles. The molecule has 0 radical (unpaired) electrons. The Hall–Kier alpha value is -2.65. The average Bonchev–Trinajstić information content (AvgIpc) is 3.31. The van der Waals surface area contributed by atoms with Gasteiger partial charge < -0.3 is 25.1 Å². The SMILES string of the molecule is Cc1nc(N2CCC(N3CCc4ccccc4NC3=O)CC2)sc1C(=O)N1CCC(C)(O)C1. The predicted octanol–water partition coefficient (Wildman–Crippen LogP) is 3.11. The van der Waals surface area contributed by atoms with Crippen molar-refractivity contribution in [1.29, 1.82) is 0 Å². The molecule has 1 aromatic carbocycles. The maximum absolute atomic E-state index is 13.0.